The van der Waals surface area contributed by atoms with E-state index >= 15 is 0 Å². The third-order valence-electron chi connectivity index (χ3n) is 3.43. The molecule has 6 heteroatoms. The van der Waals surface area contributed by atoms with Gasteiger partial charge in [0.05, 0.1) is 16.6 Å². The molecular weight excluding hydrogens is 271 g/mol. The zero-order valence-corrected chi connectivity index (χ0v) is 12.3. The Morgan fingerprint density at radius 2 is 2.19 bits per heavy atom. The van der Waals surface area contributed by atoms with E-state index in [1.165, 1.54) is 6.07 Å². The molecule has 0 unspecified atom stereocenters. The fourth-order valence-corrected chi connectivity index (χ4v) is 2.13. The molecule has 0 aliphatic carbocycles. The summed E-state index contributed by atoms with van der Waals surface area (Å²) in [6.45, 7) is 3.84. The highest BCUT2D eigenvalue weighted by Gasteiger charge is 2.27. The van der Waals surface area contributed by atoms with E-state index in [4.69, 9.17) is 5.73 Å². The van der Waals surface area contributed by atoms with Crippen LogP contribution in [0.5, 0.6) is 0 Å². The van der Waals surface area contributed by atoms with Gasteiger partial charge in [0, 0.05) is 30.9 Å². The SMILES string of the molecule is CNC(=O)C(C)(C)CNc1c(F)cc(N)c2cccnc12. The highest BCUT2D eigenvalue weighted by molar-refractivity contribution is 5.98. The number of nitrogen functional groups attached to an aromatic ring is 1. The zero-order valence-electron chi connectivity index (χ0n) is 12.3. The van der Waals surface area contributed by atoms with Crippen LogP contribution in [0.1, 0.15) is 13.8 Å². The number of anilines is 2. The lowest BCUT2D eigenvalue weighted by Gasteiger charge is -2.24. The summed E-state index contributed by atoms with van der Waals surface area (Å²) in [4.78, 5) is 16.0. The van der Waals surface area contributed by atoms with Crippen molar-refractivity contribution >= 4 is 28.2 Å². The van der Waals surface area contributed by atoms with E-state index in [9.17, 15) is 9.18 Å². The number of carbonyl (C=O) groups is 1. The van der Waals surface area contributed by atoms with Gasteiger partial charge in [-0.25, -0.2) is 4.39 Å². The minimum atomic E-state index is -0.677. The van der Waals surface area contributed by atoms with E-state index < -0.39 is 11.2 Å². The van der Waals surface area contributed by atoms with E-state index in [1.807, 2.05) is 0 Å². The summed E-state index contributed by atoms with van der Waals surface area (Å²) >= 11 is 0. The number of amides is 1. The van der Waals surface area contributed by atoms with Crippen molar-refractivity contribution in [3.63, 3.8) is 0 Å². The molecule has 2 aromatic rings. The number of pyridine rings is 1. The van der Waals surface area contributed by atoms with Crippen molar-refractivity contribution in [2.24, 2.45) is 5.41 Å². The molecule has 112 valence electrons. The van der Waals surface area contributed by atoms with Gasteiger partial charge in [0.2, 0.25) is 5.91 Å². The highest BCUT2D eigenvalue weighted by atomic mass is 19.1. The van der Waals surface area contributed by atoms with Gasteiger partial charge in [-0.1, -0.05) is 0 Å². The Labute approximate surface area is 122 Å². The molecule has 0 aliphatic rings. The zero-order chi connectivity index (χ0) is 15.6. The number of halogens is 1. The predicted molar refractivity (Wildman–Crippen MR) is 82.5 cm³/mol. The molecule has 4 N–H and O–H groups in total. The van der Waals surface area contributed by atoms with Crippen molar-refractivity contribution in [2.75, 3.05) is 24.6 Å². The van der Waals surface area contributed by atoms with Gasteiger partial charge in [-0.2, -0.15) is 0 Å². The smallest absolute Gasteiger partial charge is 0.227 e. The van der Waals surface area contributed by atoms with Gasteiger partial charge in [-0.3, -0.25) is 9.78 Å². The fraction of sp³-hybridized carbons (Fsp3) is 0.333. The standard InChI is InChI=1S/C15H19FN4O/c1-15(2,14(21)18-3)8-20-13-10(16)7-11(17)9-5-4-6-19-12(9)13/h4-7,20H,8,17H2,1-3H3,(H,18,21). The fourth-order valence-electron chi connectivity index (χ4n) is 2.13. The molecule has 1 aromatic carbocycles. The Morgan fingerprint density at radius 3 is 2.86 bits per heavy atom. The summed E-state index contributed by atoms with van der Waals surface area (Å²) in [6.07, 6.45) is 1.58. The lowest BCUT2D eigenvalue weighted by Crippen LogP contribution is -2.39. The molecule has 0 fully saturated rings. The Morgan fingerprint density at radius 1 is 1.48 bits per heavy atom. The Kier molecular flexibility index (Phi) is 3.97. The number of hydrogen-bond donors (Lipinski definition) is 3. The van der Waals surface area contributed by atoms with Crippen molar-refractivity contribution in [1.82, 2.24) is 10.3 Å². The lowest BCUT2D eigenvalue weighted by atomic mass is 9.92. The van der Waals surface area contributed by atoms with Crippen LogP contribution < -0.4 is 16.4 Å². The number of nitrogens with two attached hydrogens (primary N) is 1. The second-order valence-electron chi connectivity index (χ2n) is 5.54. The van der Waals surface area contributed by atoms with Crippen LogP contribution in [0.4, 0.5) is 15.8 Å². The van der Waals surface area contributed by atoms with Crippen LogP contribution in [-0.4, -0.2) is 24.5 Å². The lowest BCUT2D eigenvalue weighted by molar-refractivity contribution is -0.128. The van der Waals surface area contributed by atoms with Gasteiger partial charge < -0.3 is 16.4 Å². The number of rotatable bonds is 4. The Hall–Kier alpha value is -2.37. The summed E-state index contributed by atoms with van der Waals surface area (Å²) in [6, 6.07) is 4.79. The van der Waals surface area contributed by atoms with Crippen LogP contribution in [0.3, 0.4) is 0 Å². The molecule has 1 heterocycles. The summed E-state index contributed by atoms with van der Waals surface area (Å²) in [5.41, 5.74) is 6.19. The number of nitrogens with zero attached hydrogens (tertiary/aromatic N) is 1. The van der Waals surface area contributed by atoms with Crippen LogP contribution >= 0.6 is 0 Å². The predicted octanol–water partition coefficient (Wildman–Crippen LogP) is 2.14. The van der Waals surface area contributed by atoms with Crippen LogP contribution in [-0.2, 0) is 4.79 Å². The van der Waals surface area contributed by atoms with E-state index in [-0.39, 0.29) is 18.1 Å². The Bertz CT molecular complexity index is 685. The molecule has 21 heavy (non-hydrogen) atoms. The molecular formula is C15H19FN4O. The molecule has 0 aliphatic heterocycles. The quantitative estimate of drug-likeness (QED) is 0.754. The van der Waals surface area contributed by atoms with E-state index in [0.717, 1.165) is 0 Å². The number of hydrogen-bond acceptors (Lipinski definition) is 4. The first-order valence-electron chi connectivity index (χ1n) is 6.65. The van der Waals surface area contributed by atoms with Crippen molar-refractivity contribution in [1.29, 1.82) is 0 Å². The van der Waals surface area contributed by atoms with Crippen LogP contribution in [0, 0.1) is 11.2 Å². The average molecular weight is 290 g/mol. The molecule has 2 rings (SSSR count). The van der Waals surface area contributed by atoms with Gasteiger partial charge in [-0.15, -0.1) is 0 Å². The second-order valence-corrected chi connectivity index (χ2v) is 5.54. The maximum atomic E-state index is 14.2. The third kappa shape index (κ3) is 2.89. The van der Waals surface area contributed by atoms with Gasteiger partial charge in [-0.05, 0) is 32.0 Å². The summed E-state index contributed by atoms with van der Waals surface area (Å²) in [5.74, 6) is -0.602. The minimum Gasteiger partial charge on any atom is -0.398 e. The molecule has 0 spiro atoms. The van der Waals surface area contributed by atoms with Crippen molar-refractivity contribution < 1.29 is 9.18 Å². The number of aromatic nitrogens is 1. The molecule has 0 radical (unpaired) electrons. The van der Waals surface area contributed by atoms with E-state index in [1.54, 1.807) is 39.2 Å². The molecule has 1 aromatic heterocycles. The van der Waals surface area contributed by atoms with Gasteiger partial charge >= 0.3 is 0 Å². The van der Waals surface area contributed by atoms with Gasteiger partial charge in [0.15, 0.2) is 5.82 Å². The summed E-state index contributed by atoms with van der Waals surface area (Å²) in [5, 5.41) is 6.26. The number of nitrogens with one attached hydrogen (secondary N) is 2. The van der Waals surface area contributed by atoms with Crippen LogP contribution in [0.25, 0.3) is 10.9 Å². The molecule has 0 bridgehead atoms. The van der Waals surface area contributed by atoms with Gasteiger partial charge in [0.25, 0.3) is 0 Å². The first-order valence-corrected chi connectivity index (χ1v) is 6.65. The molecule has 0 saturated heterocycles. The molecule has 0 saturated carbocycles. The topological polar surface area (TPSA) is 80.0 Å². The monoisotopic (exact) mass is 290 g/mol. The maximum absolute atomic E-state index is 14.2. The first kappa shape index (κ1) is 15.0. The van der Waals surface area contributed by atoms with Crippen molar-refractivity contribution in [3.05, 3.63) is 30.2 Å². The minimum absolute atomic E-state index is 0.122. The van der Waals surface area contributed by atoms with Crippen molar-refractivity contribution in [3.8, 4) is 0 Å². The van der Waals surface area contributed by atoms with Gasteiger partial charge in [0.1, 0.15) is 0 Å². The van der Waals surface area contributed by atoms with Crippen LogP contribution in [0.2, 0.25) is 0 Å². The second kappa shape index (κ2) is 5.55. The van der Waals surface area contributed by atoms with Crippen LogP contribution in [0.15, 0.2) is 24.4 Å². The van der Waals surface area contributed by atoms with E-state index in [0.29, 0.717) is 16.6 Å². The summed E-state index contributed by atoms with van der Waals surface area (Å²) in [7, 11) is 1.57. The highest BCUT2D eigenvalue weighted by Crippen LogP contribution is 2.30. The number of benzene rings is 1. The number of fused-ring (bicyclic) bond motifs is 1. The first-order chi connectivity index (χ1) is 9.86. The molecule has 5 nitrogen and oxygen atoms in total. The number of carbonyl (C=O) groups excluding carboxylic acids is 1. The molecule has 0 atom stereocenters. The summed E-state index contributed by atoms with van der Waals surface area (Å²) < 4.78 is 14.2. The van der Waals surface area contributed by atoms with Crippen molar-refractivity contribution in [2.45, 2.75) is 13.8 Å². The largest absolute Gasteiger partial charge is 0.398 e. The molecule has 1 amide bonds. The maximum Gasteiger partial charge on any atom is 0.227 e. The normalized spacial score (nSPS) is 11.4. The average Bonchev–Trinajstić information content (AvgIpc) is 2.46. The Balaban J connectivity index is 2.37. The van der Waals surface area contributed by atoms with E-state index in [2.05, 4.69) is 15.6 Å². The third-order valence-corrected chi connectivity index (χ3v) is 3.43.